The lowest BCUT2D eigenvalue weighted by atomic mass is 10.2. The van der Waals surface area contributed by atoms with E-state index in [2.05, 4.69) is 20.7 Å². The fraction of sp³-hybridized carbons (Fsp3) is 0.273. The molecule has 2 aromatic rings. The van der Waals surface area contributed by atoms with Gasteiger partial charge in [-0.1, -0.05) is 35.5 Å². The van der Waals surface area contributed by atoms with Crippen LogP contribution in [0.15, 0.2) is 40.3 Å². The average molecular weight is 247 g/mol. The van der Waals surface area contributed by atoms with Crippen LogP contribution in [-0.4, -0.2) is 25.9 Å². The molecule has 0 unspecified atom stereocenters. The van der Waals surface area contributed by atoms with Crippen LogP contribution in [0.1, 0.15) is 12.5 Å². The van der Waals surface area contributed by atoms with E-state index in [1.807, 2.05) is 30.3 Å². The molecule has 0 bridgehead atoms. The van der Waals surface area contributed by atoms with E-state index in [-0.39, 0.29) is 12.2 Å². The van der Waals surface area contributed by atoms with E-state index >= 15 is 0 Å². The van der Waals surface area contributed by atoms with Gasteiger partial charge in [-0.3, -0.25) is 0 Å². The molecule has 1 aromatic carbocycles. The minimum absolute atomic E-state index is 0.254. The Kier molecular flexibility index (Phi) is 3.85. The minimum Gasteiger partial charge on any atom is -0.391 e. The zero-order valence-corrected chi connectivity index (χ0v) is 9.91. The first-order valence-corrected chi connectivity index (χ1v) is 5.43. The first-order valence-electron chi connectivity index (χ1n) is 5.43. The van der Waals surface area contributed by atoms with Crippen molar-refractivity contribution in [1.82, 2.24) is 20.2 Å². The molecule has 7 heteroatoms. The van der Waals surface area contributed by atoms with Crippen molar-refractivity contribution in [3.63, 3.8) is 0 Å². The predicted octanol–water partition coefficient (Wildman–Crippen LogP) is 0.559. The van der Waals surface area contributed by atoms with Gasteiger partial charge in [-0.25, -0.2) is 9.89 Å². The Balaban J connectivity index is 1.86. The molecule has 1 aromatic heterocycles. The van der Waals surface area contributed by atoms with E-state index in [9.17, 15) is 4.79 Å². The van der Waals surface area contributed by atoms with Gasteiger partial charge in [0.1, 0.15) is 6.61 Å². The molecule has 0 atom stereocenters. The Bertz CT molecular complexity index is 572. The normalized spacial score (nSPS) is 11.5. The number of nitrogens with zero attached hydrogens (tertiary/aromatic N) is 4. The van der Waals surface area contributed by atoms with E-state index in [1.165, 1.54) is 4.68 Å². The molecule has 0 saturated heterocycles. The zero-order chi connectivity index (χ0) is 12.8. The molecule has 0 radical (unpaired) electrons. The Labute approximate surface area is 103 Å². The van der Waals surface area contributed by atoms with Crippen LogP contribution in [0, 0.1) is 0 Å². The molecule has 0 aliphatic rings. The van der Waals surface area contributed by atoms with Crippen LogP contribution in [0.3, 0.4) is 0 Å². The van der Waals surface area contributed by atoms with Gasteiger partial charge in [0.05, 0.1) is 12.3 Å². The number of rotatable bonds is 5. The third-order valence-corrected chi connectivity index (χ3v) is 2.21. The summed E-state index contributed by atoms with van der Waals surface area (Å²) in [4.78, 5) is 16.3. The first kappa shape index (κ1) is 12.0. The van der Waals surface area contributed by atoms with Crippen LogP contribution < -0.4 is 5.69 Å². The third-order valence-electron chi connectivity index (χ3n) is 2.21. The predicted molar refractivity (Wildman–Crippen MR) is 65.0 cm³/mol. The number of hydrogen-bond donors (Lipinski definition) is 1. The summed E-state index contributed by atoms with van der Waals surface area (Å²) in [5.41, 5.74) is 1.31. The average Bonchev–Trinajstić information content (AvgIpc) is 2.76. The molecule has 1 N–H and O–H groups in total. The van der Waals surface area contributed by atoms with Gasteiger partial charge >= 0.3 is 5.69 Å². The van der Waals surface area contributed by atoms with E-state index in [0.29, 0.717) is 12.3 Å². The highest BCUT2D eigenvalue weighted by atomic mass is 16.6. The number of tetrazole rings is 1. The van der Waals surface area contributed by atoms with Gasteiger partial charge in [0.25, 0.3) is 0 Å². The number of hydrogen-bond acceptors (Lipinski definition) is 5. The second kappa shape index (κ2) is 5.76. The van der Waals surface area contributed by atoms with Crippen molar-refractivity contribution in [2.75, 3.05) is 0 Å². The van der Waals surface area contributed by atoms with E-state index in [1.54, 1.807) is 6.92 Å². The lowest BCUT2D eigenvalue weighted by molar-refractivity contribution is 0.129. The Hall–Kier alpha value is -2.44. The SMILES string of the molecule is CC(Cn1nn[nH]c1=O)=NOCc1ccccc1. The summed E-state index contributed by atoms with van der Waals surface area (Å²) >= 11 is 0. The molecule has 18 heavy (non-hydrogen) atoms. The zero-order valence-electron chi connectivity index (χ0n) is 9.91. The van der Waals surface area contributed by atoms with Gasteiger partial charge in [-0.05, 0) is 22.9 Å². The smallest absolute Gasteiger partial charge is 0.361 e. The fourth-order valence-corrected chi connectivity index (χ4v) is 1.36. The van der Waals surface area contributed by atoms with Crippen LogP contribution >= 0.6 is 0 Å². The summed E-state index contributed by atoms with van der Waals surface area (Å²) in [6.07, 6.45) is 0. The molecular weight excluding hydrogens is 234 g/mol. The lowest BCUT2D eigenvalue weighted by Gasteiger charge is -2.01. The molecule has 0 aliphatic carbocycles. The number of oxime groups is 1. The molecule has 1 heterocycles. The molecular formula is C11H13N5O2. The van der Waals surface area contributed by atoms with E-state index in [4.69, 9.17) is 4.84 Å². The number of H-pyrrole nitrogens is 1. The molecule has 0 amide bonds. The summed E-state index contributed by atoms with van der Waals surface area (Å²) < 4.78 is 1.17. The van der Waals surface area contributed by atoms with Gasteiger partial charge in [-0.15, -0.1) is 0 Å². The number of aromatic nitrogens is 4. The van der Waals surface area contributed by atoms with Crippen molar-refractivity contribution in [3.05, 3.63) is 46.4 Å². The van der Waals surface area contributed by atoms with Crippen LogP contribution in [0.4, 0.5) is 0 Å². The summed E-state index contributed by atoms with van der Waals surface area (Å²) in [5, 5.41) is 13.1. The highest BCUT2D eigenvalue weighted by molar-refractivity contribution is 5.80. The van der Waals surface area contributed by atoms with Crippen molar-refractivity contribution >= 4 is 5.71 Å². The largest absolute Gasteiger partial charge is 0.391 e. The standard InChI is InChI=1S/C11H13N5O2/c1-9(7-16-11(17)12-14-15-16)13-18-8-10-5-3-2-4-6-10/h2-6H,7-8H2,1H3,(H,12,15,17). The molecule has 0 spiro atoms. The molecule has 0 fully saturated rings. The second-order valence-corrected chi connectivity index (χ2v) is 3.75. The molecule has 94 valence electrons. The van der Waals surface area contributed by atoms with Gasteiger partial charge in [-0.2, -0.15) is 4.68 Å². The molecule has 7 nitrogen and oxygen atoms in total. The summed E-state index contributed by atoms with van der Waals surface area (Å²) in [5.74, 6) is 0. The topological polar surface area (TPSA) is 85.2 Å². The number of benzene rings is 1. The van der Waals surface area contributed by atoms with Crippen molar-refractivity contribution in [2.45, 2.75) is 20.1 Å². The molecule has 2 rings (SSSR count). The number of aromatic amines is 1. The van der Waals surface area contributed by atoms with Crippen molar-refractivity contribution in [3.8, 4) is 0 Å². The monoisotopic (exact) mass is 247 g/mol. The minimum atomic E-state index is -0.368. The number of nitrogens with one attached hydrogen (secondary N) is 1. The van der Waals surface area contributed by atoms with E-state index < -0.39 is 0 Å². The van der Waals surface area contributed by atoms with Crippen molar-refractivity contribution in [1.29, 1.82) is 0 Å². The first-order chi connectivity index (χ1) is 8.75. The van der Waals surface area contributed by atoms with Crippen LogP contribution in [0.25, 0.3) is 0 Å². The van der Waals surface area contributed by atoms with Crippen molar-refractivity contribution in [2.24, 2.45) is 5.16 Å². The maximum Gasteiger partial charge on any atom is 0.361 e. The maximum absolute atomic E-state index is 11.1. The summed E-state index contributed by atoms with van der Waals surface area (Å²) in [7, 11) is 0. The van der Waals surface area contributed by atoms with Gasteiger partial charge in [0, 0.05) is 0 Å². The van der Waals surface area contributed by atoms with Gasteiger partial charge in [0.2, 0.25) is 0 Å². The molecule has 0 aliphatic heterocycles. The van der Waals surface area contributed by atoms with E-state index in [0.717, 1.165) is 5.56 Å². The Morgan fingerprint density at radius 1 is 1.44 bits per heavy atom. The molecule has 0 saturated carbocycles. The second-order valence-electron chi connectivity index (χ2n) is 3.75. The highest BCUT2D eigenvalue weighted by Crippen LogP contribution is 2.00. The lowest BCUT2D eigenvalue weighted by Crippen LogP contribution is -2.21. The third kappa shape index (κ3) is 3.27. The van der Waals surface area contributed by atoms with Crippen molar-refractivity contribution < 1.29 is 4.84 Å². The fourth-order valence-electron chi connectivity index (χ4n) is 1.36. The summed E-state index contributed by atoms with van der Waals surface area (Å²) in [6.45, 7) is 2.40. The van der Waals surface area contributed by atoms with Gasteiger partial charge < -0.3 is 4.84 Å². The quantitative estimate of drug-likeness (QED) is 0.618. The van der Waals surface area contributed by atoms with Gasteiger partial charge in [0.15, 0.2) is 0 Å². The maximum atomic E-state index is 11.1. The Morgan fingerprint density at radius 3 is 2.89 bits per heavy atom. The van der Waals surface area contributed by atoms with Crippen LogP contribution in [0.2, 0.25) is 0 Å². The summed E-state index contributed by atoms with van der Waals surface area (Å²) in [6, 6.07) is 9.71. The van der Waals surface area contributed by atoms with Crippen LogP contribution in [0.5, 0.6) is 0 Å². The van der Waals surface area contributed by atoms with Crippen LogP contribution in [-0.2, 0) is 18.0 Å². The highest BCUT2D eigenvalue weighted by Gasteiger charge is 2.01. The Morgan fingerprint density at radius 2 is 2.22 bits per heavy atom.